The van der Waals surface area contributed by atoms with Gasteiger partial charge in [-0.2, -0.15) is 12.7 Å². The topological polar surface area (TPSA) is 49.4 Å². The monoisotopic (exact) mass is 256 g/mol. The average molecular weight is 256 g/mol. The number of nitrogens with one attached hydrogen (secondary N) is 1. The third kappa shape index (κ3) is 3.44. The van der Waals surface area contributed by atoms with Gasteiger partial charge in [0.1, 0.15) is 0 Å². The van der Waals surface area contributed by atoms with Crippen molar-refractivity contribution in [1.82, 2.24) is 4.31 Å². The number of rotatable bonds is 5. The van der Waals surface area contributed by atoms with Crippen LogP contribution in [0.1, 0.15) is 25.0 Å². The van der Waals surface area contributed by atoms with E-state index in [0.29, 0.717) is 18.8 Å². The molecule has 1 aromatic carbocycles. The van der Waals surface area contributed by atoms with E-state index >= 15 is 0 Å². The van der Waals surface area contributed by atoms with Gasteiger partial charge >= 0.3 is 10.2 Å². The summed E-state index contributed by atoms with van der Waals surface area (Å²) in [4.78, 5) is 0. The minimum Gasteiger partial charge on any atom is -0.271 e. The SMILES string of the molecule is CCN(CC)S(=O)(=O)Nc1ccc(C)cc1C. The average Bonchev–Trinajstić information content (AvgIpc) is 2.23. The Morgan fingerprint density at radius 2 is 1.76 bits per heavy atom. The van der Waals surface area contributed by atoms with Crippen molar-refractivity contribution in [1.29, 1.82) is 0 Å². The molecule has 0 aliphatic heterocycles. The lowest BCUT2D eigenvalue weighted by Gasteiger charge is -2.20. The van der Waals surface area contributed by atoms with Gasteiger partial charge in [0, 0.05) is 13.1 Å². The molecule has 0 aliphatic carbocycles. The fraction of sp³-hybridized carbons (Fsp3) is 0.500. The van der Waals surface area contributed by atoms with Gasteiger partial charge in [0.2, 0.25) is 0 Å². The lowest BCUT2D eigenvalue weighted by atomic mass is 10.1. The third-order valence-corrected chi connectivity index (χ3v) is 4.34. The first-order valence-corrected chi connectivity index (χ1v) is 7.19. The van der Waals surface area contributed by atoms with Crippen molar-refractivity contribution in [2.75, 3.05) is 17.8 Å². The molecule has 1 rings (SSSR count). The maximum atomic E-state index is 12.0. The first kappa shape index (κ1) is 14.0. The molecule has 5 heteroatoms. The summed E-state index contributed by atoms with van der Waals surface area (Å²) in [5.41, 5.74) is 2.69. The van der Waals surface area contributed by atoms with Gasteiger partial charge in [-0.1, -0.05) is 31.5 Å². The largest absolute Gasteiger partial charge is 0.301 e. The van der Waals surface area contributed by atoms with E-state index in [0.717, 1.165) is 11.1 Å². The smallest absolute Gasteiger partial charge is 0.271 e. The molecule has 0 aromatic heterocycles. The van der Waals surface area contributed by atoms with Crippen LogP contribution < -0.4 is 4.72 Å². The van der Waals surface area contributed by atoms with Crippen LogP contribution in [-0.2, 0) is 10.2 Å². The van der Waals surface area contributed by atoms with Crippen molar-refractivity contribution < 1.29 is 8.42 Å². The van der Waals surface area contributed by atoms with Crippen molar-refractivity contribution in [3.63, 3.8) is 0 Å². The molecule has 0 fully saturated rings. The Bertz CT molecular complexity index is 479. The van der Waals surface area contributed by atoms with E-state index in [1.54, 1.807) is 6.07 Å². The summed E-state index contributed by atoms with van der Waals surface area (Å²) < 4.78 is 28.0. The van der Waals surface area contributed by atoms with Crippen LogP contribution in [0.15, 0.2) is 18.2 Å². The van der Waals surface area contributed by atoms with Gasteiger partial charge < -0.3 is 0 Å². The van der Waals surface area contributed by atoms with Crippen molar-refractivity contribution >= 4 is 15.9 Å². The molecule has 0 aliphatic rings. The highest BCUT2D eigenvalue weighted by molar-refractivity contribution is 7.90. The van der Waals surface area contributed by atoms with E-state index in [1.165, 1.54) is 4.31 Å². The molecule has 4 nitrogen and oxygen atoms in total. The highest BCUT2D eigenvalue weighted by Crippen LogP contribution is 2.18. The van der Waals surface area contributed by atoms with Crippen LogP contribution >= 0.6 is 0 Å². The molecule has 96 valence electrons. The van der Waals surface area contributed by atoms with Crippen LogP contribution in [0.2, 0.25) is 0 Å². The predicted molar refractivity (Wildman–Crippen MR) is 71.4 cm³/mol. The molecule has 0 saturated heterocycles. The minimum absolute atomic E-state index is 0.469. The highest BCUT2D eigenvalue weighted by Gasteiger charge is 2.18. The van der Waals surface area contributed by atoms with E-state index in [9.17, 15) is 8.42 Å². The zero-order valence-electron chi connectivity index (χ0n) is 10.8. The van der Waals surface area contributed by atoms with E-state index in [1.807, 2.05) is 39.8 Å². The molecule has 1 aromatic rings. The summed E-state index contributed by atoms with van der Waals surface area (Å²) in [7, 11) is -3.43. The maximum Gasteiger partial charge on any atom is 0.301 e. The fourth-order valence-electron chi connectivity index (χ4n) is 1.70. The van der Waals surface area contributed by atoms with E-state index in [2.05, 4.69) is 4.72 Å². The van der Waals surface area contributed by atoms with Crippen LogP contribution in [0.25, 0.3) is 0 Å². The zero-order chi connectivity index (χ0) is 13.1. The molecule has 0 saturated carbocycles. The number of hydrogen-bond donors (Lipinski definition) is 1. The second-order valence-corrected chi connectivity index (χ2v) is 5.68. The molecular weight excluding hydrogens is 236 g/mol. The Hall–Kier alpha value is -1.07. The van der Waals surface area contributed by atoms with Crippen LogP contribution in [0.3, 0.4) is 0 Å². The zero-order valence-corrected chi connectivity index (χ0v) is 11.6. The summed E-state index contributed by atoms with van der Waals surface area (Å²) >= 11 is 0. The van der Waals surface area contributed by atoms with Crippen LogP contribution in [-0.4, -0.2) is 25.8 Å². The van der Waals surface area contributed by atoms with Gasteiger partial charge in [-0.3, -0.25) is 4.72 Å². The molecule has 0 heterocycles. The fourth-order valence-corrected chi connectivity index (χ4v) is 3.01. The van der Waals surface area contributed by atoms with E-state index in [-0.39, 0.29) is 0 Å². The number of aryl methyl sites for hydroxylation is 2. The number of anilines is 1. The maximum absolute atomic E-state index is 12.0. The van der Waals surface area contributed by atoms with E-state index in [4.69, 9.17) is 0 Å². The van der Waals surface area contributed by atoms with Crippen molar-refractivity contribution in [2.45, 2.75) is 27.7 Å². The molecule has 0 amide bonds. The third-order valence-electron chi connectivity index (χ3n) is 2.67. The normalized spacial score (nSPS) is 11.8. The first-order chi connectivity index (χ1) is 7.90. The van der Waals surface area contributed by atoms with Crippen molar-refractivity contribution in [3.8, 4) is 0 Å². The van der Waals surface area contributed by atoms with Gasteiger partial charge in [0.25, 0.3) is 0 Å². The quantitative estimate of drug-likeness (QED) is 0.878. The molecule has 0 spiro atoms. The summed E-state index contributed by atoms with van der Waals surface area (Å²) in [6.07, 6.45) is 0. The number of hydrogen-bond acceptors (Lipinski definition) is 2. The minimum atomic E-state index is -3.43. The Kier molecular flexibility index (Phi) is 4.54. The molecule has 17 heavy (non-hydrogen) atoms. The van der Waals surface area contributed by atoms with Gasteiger partial charge in [0.15, 0.2) is 0 Å². The standard InChI is InChI=1S/C12H20N2O2S/c1-5-14(6-2)17(15,16)13-12-8-7-10(3)9-11(12)4/h7-9,13H,5-6H2,1-4H3. The van der Waals surface area contributed by atoms with Gasteiger partial charge in [0.05, 0.1) is 5.69 Å². The Morgan fingerprint density at radius 1 is 1.18 bits per heavy atom. The van der Waals surface area contributed by atoms with E-state index < -0.39 is 10.2 Å². The molecule has 0 bridgehead atoms. The predicted octanol–water partition coefficient (Wildman–Crippen LogP) is 2.30. The van der Waals surface area contributed by atoms with Gasteiger partial charge in [-0.05, 0) is 25.5 Å². The molecule has 1 N–H and O–H groups in total. The summed E-state index contributed by atoms with van der Waals surface area (Å²) in [5, 5.41) is 0. The summed E-state index contributed by atoms with van der Waals surface area (Å²) in [5.74, 6) is 0. The lowest BCUT2D eigenvalue weighted by Crippen LogP contribution is -2.35. The number of benzene rings is 1. The molecule has 0 unspecified atom stereocenters. The van der Waals surface area contributed by atoms with Crippen molar-refractivity contribution in [3.05, 3.63) is 29.3 Å². The van der Waals surface area contributed by atoms with Crippen LogP contribution in [0.4, 0.5) is 5.69 Å². The second kappa shape index (κ2) is 5.51. The van der Waals surface area contributed by atoms with Gasteiger partial charge in [-0.15, -0.1) is 0 Å². The van der Waals surface area contributed by atoms with Gasteiger partial charge in [-0.25, -0.2) is 0 Å². The second-order valence-electron chi connectivity index (χ2n) is 4.01. The summed E-state index contributed by atoms with van der Waals surface area (Å²) in [6, 6.07) is 5.65. The lowest BCUT2D eigenvalue weighted by molar-refractivity contribution is 0.449. The van der Waals surface area contributed by atoms with Crippen LogP contribution in [0, 0.1) is 13.8 Å². The number of nitrogens with zero attached hydrogens (tertiary/aromatic N) is 1. The highest BCUT2D eigenvalue weighted by atomic mass is 32.2. The molecular formula is C12H20N2O2S. The van der Waals surface area contributed by atoms with Crippen molar-refractivity contribution in [2.24, 2.45) is 0 Å². The Morgan fingerprint density at radius 3 is 2.24 bits per heavy atom. The first-order valence-electron chi connectivity index (χ1n) is 5.75. The Balaban J connectivity index is 2.98. The molecule has 0 radical (unpaired) electrons. The molecule has 0 atom stereocenters. The Labute approximate surface area is 104 Å². The summed E-state index contributed by atoms with van der Waals surface area (Å²) in [6.45, 7) is 8.46. The van der Waals surface area contributed by atoms with Crippen LogP contribution in [0.5, 0.6) is 0 Å².